The van der Waals surface area contributed by atoms with Gasteiger partial charge in [-0.3, -0.25) is 0 Å². The summed E-state index contributed by atoms with van der Waals surface area (Å²) in [6.07, 6.45) is 2.13. The number of nitrogens with zero attached hydrogens (tertiary/aromatic N) is 2. The number of rotatable bonds is 3. The number of ether oxygens (including phenoxy) is 1. The van der Waals surface area contributed by atoms with E-state index in [1.54, 1.807) is 13.2 Å². The number of methoxy groups -OCH3 is 1. The van der Waals surface area contributed by atoms with Gasteiger partial charge in [0.25, 0.3) is 0 Å². The minimum Gasteiger partial charge on any atom is -0.481 e. The van der Waals surface area contributed by atoms with Gasteiger partial charge in [0.05, 0.1) is 12.8 Å². The Morgan fingerprint density at radius 1 is 1.59 bits per heavy atom. The van der Waals surface area contributed by atoms with E-state index in [1.807, 2.05) is 6.07 Å². The molecule has 0 spiro atoms. The molecule has 1 fully saturated rings. The van der Waals surface area contributed by atoms with E-state index in [4.69, 9.17) is 10.5 Å². The van der Waals surface area contributed by atoms with E-state index in [-0.39, 0.29) is 6.61 Å². The highest BCUT2D eigenvalue weighted by molar-refractivity contribution is 5.63. The minimum absolute atomic E-state index is 0.223. The number of nitrogen functional groups attached to an aromatic ring is 1. The molecular formula is C12H19N3O2. The first kappa shape index (κ1) is 12.0. The first-order valence-corrected chi connectivity index (χ1v) is 5.91. The van der Waals surface area contributed by atoms with E-state index in [2.05, 4.69) is 9.88 Å². The fraction of sp³-hybridized carbons (Fsp3) is 0.583. The number of piperidine rings is 1. The summed E-state index contributed by atoms with van der Waals surface area (Å²) in [4.78, 5) is 6.51. The second-order valence-electron chi connectivity index (χ2n) is 4.40. The number of aromatic nitrogens is 1. The summed E-state index contributed by atoms with van der Waals surface area (Å²) in [6, 6.07) is 3.57. The summed E-state index contributed by atoms with van der Waals surface area (Å²) < 4.78 is 5.11. The highest BCUT2D eigenvalue weighted by Crippen LogP contribution is 2.28. The highest BCUT2D eigenvalue weighted by Gasteiger charge is 2.22. The Labute approximate surface area is 101 Å². The predicted octanol–water partition coefficient (Wildman–Crippen LogP) is 0.881. The molecule has 0 bridgehead atoms. The molecule has 1 unspecified atom stereocenters. The largest absolute Gasteiger partial charge is 0.481 e. The molecule has 1 aromatic heterocycles. The molecule has 1 aliphatic heterocycles. The van der Waals surface area contributed by atoms with E-state index in [0.29, 0.717) is 17.5 Å². The summed E-state index contributed by atoms with van der Waals surface area (Å²) >= 11 is 0. The molecule has 1 saturated heterocycles. The standard InChI is InChI=1S/C12H19N3O2/c1-17-11-5-4-10(13)12(14-11)15-6-2-3-9(7-15)8-16/h4-5,9,16H,2-3,6-8,13H2,1H3. The number of nitrogens with two attached hydrogens (primary N) is 1. The zero-order valence-corrected chi connectivity index (χ0v) is 10.1. The zero-order chi connectivity index (χ0) is 12.3. The van der Waals surface area contributed by atoms with Crippen LogP contribution in [0.3, 0.4) is 0 Å². The van der Waals surface area contributed by atoms with Crippen LogP contribution in [0.5, 0.6) is 5.88 Å². The van der Waals surface area contributed by atoms with E-state index < -0.39 is 0 Å². The average molecular weight is 237 g/mol. The Hall–Kier alpha value is -1.49. The van der Waals surface area contributed by atoms with Crippen LogP contribution in [0, 0.1) is 5.92 Å². The smallest absolute Gasteiger partial charge is 0.215 e. The second kappa shape index (κ2) is 5.23. The van der Waals surface area contributed by atoms with Gasteiger partial charge < -0.3 is 20.5 Å². The fourth-order valence-electron chi connectivity index (χ4n) is 2.22. The molecule has 5 nitrogen and oxygen atoms in total. The number of hydrogen-bond acceptors (Lipinski definition) is 5. The van der Waals surface area contributed by atoms with Crippen LogP contribution in [-0.4, -0.2) is 36.9 Å². The number of hydrogen-bond donors (Lipinski definition) is 2. The van der Waals surface area contributed by atoms with Crippen LogP contribution in [0.2, 0.25) is 0 Å². The Kier molecular flexibility index (Phi) is 3.68. The van der Waals surface area contributed by atoms with Gasteiger partial charge in [-0.25, -0.2) is 0 Å². The van der Waals surface area contributed by atoms with E-state index in [1.165, 1.54) is 0 Å². The van der Waals surface area contributed by atoms with Gasteiger partial charge in [0.1, 0.15) is 0 Å². The molecule has 2 heterocycles. The van der Waals surface area contributed by atoms with Crippen molar-refractivity contribution in [2.45, 2.75) is 12.8 Å². The normalized spacial score (nSPS) is 20.4. The Morgan fingerprint density at radius 3 is 3.12 bits per heavy atom. The van der Waals surface area contributed by atoms with E-state index in [9.17, 15) is 5.11 Å². The lowest BCUT2D eigenvalue weighted by Crippen LogP contribution is -2.37. The summed E-state index contributed by atoms with van der Waals surface area (Å²) in [5, 5.41) is 9.22. The molecular weight excluding hydrogens is 218 g/mol. The zero-order valence-electron chi connectivity index (χ0n) is 10.1. The molecule has 2 rings (SSSR count). The third-order valence-electron chi connectivity index (χ3n) is 3.17. The number of anilines is 2. The third-order valence-corrected chi connectivity index (χ3v) is 3.17. The molecule has 1 aromatic rings. The molecule has 94 valence electrons. The van der Waals surface area contributed by atoms with Gasteiger partial charge in [-0.1, -0.05) is 0 Å². The van der Waals surface area contributed by atoms with Crippen molar-refractivity contribution >= 4 is 11.5 Å². The number of aliphatic hydroxyl groups excluding tert-OH is 1. The van der Waals surface area contributed by atoms with E-state index >= 15 is 0 Å². The maximum Gasteiger partial charge on any atom is 0.215 e. The molecule has 0 amide bonds. The Morgan fingerprint density at radius 2 is 2.41 bits per heavy atom. The predicted molar refractivity (Wildman–Crippen MR) is 67.2 cm³/mol. The number of pyridine rings is 1. The fourth-order valence-corrected chi connectivity index (χ4v) is 2.22. The lowest BCUT2D eigenvalue weighted by Gasteiger charge is -2.33. The van der Waals surface area contributed by atoms with Gasteiger partial charge in [-0.15, -0.1) is 0 Å². The van der Waals surface area contributed by atoms with Crippen molar-refractivity contribution in [2.24, 2.45) is 5.92 Å². The highest BCUT2D eigenvalue weighted by atomic mass is 16.5. The van der Waals surface area contributed by atoms with Gasteiger partial charge in [0.2, 0.25) is 5.88 Å². The number of aliphatic hydroxyl groups is 1. The molecule has 3 N–H and O–H groups in total. The second-order valence-corrected chi connectivity index (χ2v) is 4.40. The first-order valence-electron chi connectivity index (χ1n) is 5.91. The van der Waals surface area contributed by atoms with Crippen LogP contribution in [0.25, 0.3) is 0 Å². The monoisotopic (exact) mass is 237 g/mol. The first-order chi connectivity index (χ1) is 8.24. The van der Waals surface area contributed by atoms with Crippen molar-refractivity contribution in [1.29, 1.82) is 0 Å². The van der Waals surface area contributed by atoms with Crippen LogP contribution in [0.1, 0.15) is 12.8 Å². The van der Waals surface area contributed by atoms with Crippen molar-refractivity contribution in [3.8, 4) is 5.88 Å². The Balaban J connectivity index is 2.20. The van der Waals surface area contributed by atoms with Crippen LogP contribution < -0.4 is 15.4 Å². The van der Waals surface area contributed by atoms with E-state index in [0.717, 1.165) is 31.7 Å². The lowest BCUT2D eigenvalue weighted by molar-refractivity contribution is 0.208. The maximum absolute atomic E-state index is 9.22. The van der Waals surface area contributed by atoms with Crippen molar-refractivity contribution < 1.29 is 9.84 Å². The van der Waals surface area contributed by atoms with Gasteiger partial charge >= 0.3 is 0 Å². The van der Waals surface area contributed by atoms with Gasteiger partial charge in [-0.2, -0.15) is 4.98 Å². The summed E-state index contributed by atoms with van der Waals surface area (Å²) in [6.45, 7) is 1.96. The average Bonchev–Trinajstić information content (AvgIpc) is 2.39. The molecule has 1 atom stereocenters. The molecule has 0 saturated carbocycles. The quantitative estimate of drug-likeness (QED) is 0.816. The molecule has 5 heteroatoms. The lowest BCUT2D eigenvalue weighted by atomic mass is 9.99. The van der Waals surface area contributed by atoms with Gasteiger partial charge in [-0.05, 0) is 24.8 Å². The van der Waals surface area contributed by atoms with Crippen molar-refractivity contribution in [1.82, 2.24) is 4.98 Å². The summed E-state index contributed by atoms with van der Waals surface area (Å²) in [7, 11) is 1.59. The van der Waals surface area contributed by atoms with Crippen molar-refractivity contribution in [3.63, 3.8) is 0 Å². The van der Waals surface area contributed by atoms with Gasteiger partial charge in [0, 0.05) is 25.8 Å². The topological polar surface area (TPSA) is 71.6 Å². The Bertz CT molecular complexity index is 384. The minimum atomic E-state index is 0.223. The molecule has 0 aromatic carbocycles. The van der Waals surface area contributed by atoms with Crippen LogP contribution in [0.15, 0.2) is 12.1 Å². The molecule has 17 heavy (non-hydrogen) atoms. The maximum atomic E-state index is 9.22. The molecule has 0 radical (unpaired) electrons. The molecule has 1 aliphatic rings. The van der Waals surface area contributed by atoms with Crippen molar-refractivity contribution in [2.75, 3.05) is 37.4 Å². The summed E-state index contributed by atoms with van der Waals surface area (Å²) in [5.74, 6) is 1.65. The SMILES string of the molecule is COc1ccc(N)c(N2CCCC(CO)C2)n1. The van der Waals surface area contributed by atoms with Crippen LogP contribution in [-0.2, 0) is 0 Å². The van der Waals surface area contributed by atoms with Gasteiger partial charge in [0.15, 0.2) is 5.82 Å². The third kappa shape index (κ3) is 2.61. The van der Waals surface area contributed by atoms with Crippen LogP contribution in [0.4, 0.5) is 11.5 Å². The van der Waals surface area contributed by atoms with Crippen molar-refractivity contribution in [3.05, 3.63) is 12.1 Å². The van der Waals surface area contributed by atoms with Crippen LogP contribution >= 0.6 is 0 Å². The molecule has 0 aliphatic carbocycles. The summed E-state index contributed by atoms with van der Waals surface area (Å²) in [5.41, 5.74) is 6.60.